The lowest BCUT2D eigenvalue weighted by molar-refractivity contribution is -0.121. The molecule has 8 nitrogen and oxygen atoms in total. The Labute approximate surface area is 188 Å². The van der Waals surface area contributed by atoms with Crippen LogP contribution in [0.1, 0.15) is 24.0 Å². The largest absolute Gasteiger partial charge is 0.379 e. The predicted molar refractivity (Wildman–Crippen MR) is 121 cm³/mol. The van der Waals surface area contributed by atoms with Gasteiger partial charge < -0.3 is 15.0 Å². The normalized spacial score (nSPS) is 17.5. The van der Waals surface area contributed by atoms with E-state index in [1.807, 2.05) is 31.2 Å². The van der Waals surface area contributed by atoms with Gasteiger partial charge in [0.2, 0.25) is 21.8 Å². The molecule has 2 aromatic carbocycles. The molecule has 170 valence electrons. The number of sulfonamides is 1. The first-order valence-corrected chi connectivity index (χ1v) is 12.2. The molecule has 2 aromatic rings. The summed E-state index contributed by atoms with van der Waals surface area (Å²) in [6, 6.07) is 12.2. The number of morpholine rings is 1. The minimum Gasteiger partial charge on any atom is -0.379 e. The summed E-state index contributed by atoms with van der Waals surface area (Å²) in [6.07, 6.45) is 1.48. The molecule has 1 N–H and O–H groups in total. The fourth-order valence-electron chi connectivity index (χ4n) is 3.98. The molecule has 0 radical (unpaired) electrons. The van der Waals surface area contributed by atoms with Crippen molar-refractivity contribution in [2.24, 2.45) is 0 Å². The van der Waals surface area contributed by atoms with Crippen LogP contribution in [0.15, 0.2) is 47.4 Å². The first-order chi connectivity index (χ1) is 15.3. The molecule has 2 aliphatic rings. The van der Waals surface area contributed by atoms with E-state index in [2.05, 4.69) is 5.32 Å². The number of ether oxygens (including phenoxy) is 1. The maximum Gasteiger partial charge on any atom is 0.244 e. The third-order valence-corrected chi connectivity index (χ3v) is 7.62. The highest BCUT2D eigenvalue weighted by atomic mass is 32.2. The van der Waals surface area contributed by atoms with Gasteiger partial charge in [-0.05, 0) is 55.7 Å². The highest BCUT2D eigenvalue weighted by molar-refractivity contribution is 7.89. The summed E-state index contributed by atoms with van der Waals surface area (Å²) in [4.78, 5) is 27.1. The quantitative estimate of drug-likeness (QED) is 0.744. The highest BCUT2D eigenvalue weighted by Crippen LogP contribution is 2.30. The number of hydrogen-bond donors (Lipinski definition) is 1. The summed E-state index contributed by atoms with van der Waals surface area (Å²) >= 11 is 0. The number of anilines is 2. The van der Waals surface area contributed by atoms with E-state index >= 15 is 0 Å². The zero-order chi connectivity index (χ0) is 22.7. The lowest BCUT2D eigenvalue weighted by Crippen LogP contribution is -2.40. The van der Waals surface area contributed by atoms with Crippen molar-refractivity contribution in [1.29, 1.82) is 0 Å². The third-order valence-electron chi connectivity index (χ3n) is 5.72. The molecule has 0 bridgehead atoms. The number of rotatable bonds is 5. The van der Waals surface area contributed by atoms with Gasteiger partial charge in [0.05, 0.1) is 18.1 Å². The molecule has 0 unspecified atom stereocenters. The van der Waals surface area contributed by atoms with E-state index in [1.54, 1.807) is 12.1 Å². The summed E-state index contributed by atoms with van der Waals surface area (Å²) in [7, 11) is -3.64. The third kappa shape index (κ3) is 4.85. The molecular formula is C23H27N3O5S. The van der Waals surface area contributed by atoms with Gasteiger partial charge in [0, 0.05) is 30.9 Å². The molecule has 0 spiro atoms. The zero-order valence-electron chi connectivity index (χ0n) is 18.0. The van der Waals surface area contributed by atoms with Gasteiger partial charge in [0.15, 0.2) is 0 Å². The van der Waals surface area contributed by atoms with E-state index in [0.29, 0.717) is 56.9 Å². The predicted octanol–water partition coefficient (Wildman–Crippen LogP) is 2.32. The van der Waals surface area contributed by atoms with Crippen LogP contribution < -0.4 is 10.2 Å². The Bertz CT molecular complexity index is 1110. The molecule has 0 aromatic heterocycles. The molecule has 0 atom stereocenters. The molecule has 0 aliphatic carbocycles. The number of hydrogen-bond acceptors (Lipinski definition) is 5. The van der Waals surface area contributed by atoms with Crippen molar-refractivity contribution in [1.82, 2.24) is 4.31 Å². The van der Waals surface area contributed by atoms with Gasteiger partial charge in [-0.1, -0.05) is 17.7 Å². The number of carbonyl (C=O) groups is 2. The van der Waals surface area contributed by atoms with E-state index in [4.69, 9.17) is 4.74 Å². The van der Waals surface area contributed by atoms with Crippen molar-refractivity contribution in [2.45, 2.75) is 31.1 Å². The number of benzene rings is 2. The number of nitrogens with one attached hydrogen (secondary N) is 1. The van der Waals surface area contributed by atoms with Crippen LogP contribution >= 0.6 is 0 Å². The number of aryl methyl sites for hydroxylation is 2. The molecule has 0 saturated carbocycles. The molecule has 2 amide bonds. The standard InChI is InChI=1S/C23H27N3O5S/c1-17-5-7-19(8-6-17)24-22(27)16-26-21-10-9-20(15-18(21)3-2-4-23(26)28)32(29,30)25-11-13-31-14-12-25/h5-10,15H,2-4,11-14,16H2,1H3,(H,24,27). The van der Waals surface area contributed by atoms with Gasteiger partial charge in [-0.3, -0.25) is 9.59 Å². The van der Waals surface area contributed by atoms with Crippen molar-refractivity contribution in [3.63, 3.8) is 0 Å². The van der Waals surface area contributed by atoms with E-state index < -0.39 is 10.0 Å². The molecule has 32 heavy (non-hydrogen) atoms. The van der Waals surface area contributed by atoms with E-state index in [1.165, 1.54) is 15.3 Å². The lowest BCUT2D eigenvalue weighted by Gasteiger charge is -2.27. The lowest BCUT2D eigenvalue weighted by atomic mass is 10.1. The van der Waals surface area contributed by atoms with E-state index in [9.17, 15) is 18.0 Å². The summed E-state index contributed by atoms with van der Waals surface area (Å²) < 4.78 is 32.8. The van der Waals surface area contributed by atoms with Crippen molar-refractivity contribution < 1.29 is 22.7 Å². The Morgan fingerprint density at radius 3 is 2.50 bits per heavy atom. The van der Waals surface area contributed by atoms with E-state index in [0.717, 1.165) is 11.1 Å². The molecule has 1 saturated heterocycles. The number of nitrogens with zero attached hydrogens (tertiary/aromatic N) is 2. The smallest absolute Gasteiger partial charge is 0.244 e. The van der Waals surface area contributed by atoms with Crippen LogP contribution in [0.4, 0.5) is 11.4 Å². The van der Waals surface area contributed by atoms with Crippen molar-refractivity contribution in [3.05, 3.63) is 53.6 Å². The van der Waals surface area contributed by atoms with Crippen LogP contribution in [0, 0.1) is 6.92 Å². The Morgan fingerprint density at radius 2 is 1.78 bits per heavy atom. The number of amides is 2. The number of fused-ring (bicyclic) bond motifs is 1. The van der Waals surface area contributed by atoms with Gasteiger partial charge in [0.25, 0.3) is 0 Å². The SMILES string of the molecule is Cc1ccc(NC(=O)CN2C(=O)CCCc3cc(S(=O)(=O)N4CCOCC4)ccc32)cc1. The van der Waals surface area contributed by atoms with Gasteiger partial charge in [-0.15, -0.1) is 0 Å². The minimum absolute atomic E-state index is 0.130. The minimum atomic E-state index is -3.64. The molecule has 1 fully saturated rings. The maximum absolute atomic E-state index is 13.0. The second-order valence-electron chi connectivity index (χ2n) is 8.05. The molecule has 2 heterocycles. The van der Waals surface area contributed by atoms with Crippen LogP contribution in [-0.4, -0.2) is 57.4 Å². The van der Waals surface area contributed by atoms with Gasteiger partial charge >= 0.3 is 0 Å². The fraction of sp³-hybridized carbons (Fsp3) is 0.391. The monoisotopic (exact) mass is 457 g/mol. The van der Waals surface area contributed by atoms with Gasteiger partial charge in [-0.2, -0.15) is 4.31 Å². The van der Waals surface area contributed by atoms with Crippen molar-refractivity contribution in [2.75, 3.05) is 43.1 Å². The molecule has 9 heteroatoms. The summed E-state index contributed by atoms with van der Waals surface area (Å²) in [5, 5.41) is 2.82. The van der Waals surface area contributed by atoms with Crippen LogP contribution in [-0.2, 0) is 30.8 Å². The molecule has 2 aliphatic heterocycles. The van der Waals surface area contributed by atoms with Crippen LogP contribution in [0.5, 0.6) is 0 Å². The Hall–Kier alpha value is -2.75. The first-order valence-electron chi connectivity index (χ1n) is 10.7. The summed E-state index contributed by atoms with van der Waals surface area (Å²) in [5.41, 5.74) is 3.10. The summed E-state index contributed by atoms with van der Waals surface area (Å²) in [5.74, 6) is -0.452. The topological polar surface area (TPSA) is 96.0 Å². The van der Waals surface area contributed by atoms with Crippen LogP contribution in [0.3, 0.4) is 0 Å². The average Bonchev–Trinajstić information content (AvgIpc) is 2.94. The Kier molecular flexibility index (Phi) is 6.59. The van der Waals surface area contributed by atoms with Gasteiger partial charge in [-0.25, -0.2) is 8.42 Å². The molecule has 4 rings (SSSR count). The Balaban J connectivity index is 1.57. The zero-order valence-corrected chi connectivity index (χ0v) is 18.9. The summed E-state index contributed by atoms with van der Waals surface area (Å²) in [6.45, 7) is 3.23. The van der Waals surface area contributed by atoms with Crippen molar-refractivity contribution >= 4 is 33.2 Å². The Morgan fingerprint density at radius 1 is 1.06 bits per heavy atom. The van der Waals surface area contributed by atoms with E-state index in [-0.39, 0.29) is 23.3 Å². The molecular weight excluding hydrogens is 430 g/mol. The fourth-order valence-corrected chi connectivity index (χ4v) is 5.43. The van der Waals surface area contributed by atoms with Gasteiger partial charge in [0.1, 0.15) is 6.54 Å². The van der Waals surface area contributed by atoms with Crippen LogP contribution in [0.2, 0.25) is 0 Å². The van der Waals surface area contributed by atoms with Crippen LogP contribution in [0.25, 0.3) is 0 Å². The second-order valence-corrected chi connectivity index (χ2v) is 9.99. The second kappa shape index (κ2) is 9.40. The first kappa shape index (κ1) is 22.4. The maximum atomic E-state index is 13.0. The average molecular weight is 458 g/mol. The van der Waals surface area contributed by atoms with Crippen molar-refractivity contribution in [3.8, 4) is 0 Å². The number of carbonyl (C=O) groups excluding carboxylic acids is 2. The highest BCUT2D eigenvalue weighted by Gasteiger charge is 2.29.